The highest BCUT2D eigenvalue weighted by Gasteiger charge is 2.21. The Hall–Kier alpha value is -0.930. The van der Waals surface area contributed by atoms with Gasteiger partial charge in [0.2, 0.25) is 0 Å². The van der Waals surface area contributed by atoms with Crippen LogP contribution in [0.25, 0.3) is 0 Å². The van der Waals surface area contributed by atoms with Gasteiger partial charge in [-0.2, -0.15) is 0 Å². The Morgan fingerprint density at radius 3 is 2.59 bits per heavy atom. The van der Waals surface area contributed by atoms with Crippen molar-refractivity contribution >= 4 is 29.1 Å². The van der Waals surface area contributed by atoms with Gasteiger partial charge in [0.15, 0.2) is 12.4 Å². The topological polar surface area (TPSA) is 38.3 Å². The van der Waals surface area contributed by atoms with Crippen LogP contribution in [-0.2, 0) is 4.79 Å². The molecule has 3 nitrogen and oxygen atoms in total. The molecule has 1 aromatic rings. The summed E-state index contributed by atoms with van der Waals surface area (Å²) in [6.45, 7) is 0.675. The summed E-state index contributed by atoms with van der Waals surface area (Å²) in [5, 5.41) is 3.62. The van der Waals surface area contributed by atoms with Crippen LogP contribution in [0.1, 0.15) is 12.8 Å². The van der Waals surface area contributed by atoms with Crippen LogP contribution in [0, 0.1) is 5.92 Å². The summed E-state index contributed by atoms with van der Waals surface area (Å²) in [7, 11) is 0. The minimum Gasteiger partial charge on any atom is -0.481 e. The molecule has 0 heterocycles. The molecule has 1 aliphatic carbocycles. The smallest absolute Gasteiger partial charge is 0.257 e. The Balaban J connectivity index is 1.81. The zero-order valence-electron chi connectivity index (χ0n) is 9.21. The number of carbonyl (C=O) groups excluding carboxylic acids is 1. The van der Waals surface area contributed by atoms with E-state index in [0.29, 0.717) is 21.7 Å². The highest BCUT2D eigenvalue weighted by atomic mass is 35.5. The van der Waals surface area contributed by atoms with E-state index in [-0.39, 0.29) is 12.5 Å². The summed E-state index contributed by atoms with van der Waals surface area (Å²) < 4.78 is 5.31. The fourth-order valence-electron chi connectivity index (χ4n) is 1.39. The number of rotatable bonds is 5. The normalized spacial score (nSPS) is 14.5. The van der Waals surface area contributed by atoms with Gasteiger partial charge in [0, 0.05) is 6.54 Å². The molecule has 0 aliphatic heterocycles. The fraction of sp³-hybridized carbons (Fsp3) is 0.417. The molecule has 0 saturated heterocycles. The van der Waals surface area contributed by atoms with Crippen molar-refractivity contribution in [3.8, 4) is 5.75 Å². The molecule has 1 aromatic carbocycles. The number of benzene rings is 1. The van der Waals surface area contributed by atoms with Gasteiger partial charge in [0.25, 0.3) is 5.91 Å². The second-order valence-corrected chi connectivity index (χ2v) is 4.90. The molecule has 0 atom stereocenters. The van der Waals surface area contributed by atoms with Gasteiger partial charge in [-0.05, 0) is 30.9 Å². The second-order valence-electron chi connectivity index (χ2n) is 4.09. The van der Waals surface area contributed by atoms with Gasteiger partial charge >= 0.3 is 0 Å². The number of hydrogen-bond donors (Lipinski definition) is 1. The number of halogens is 2. The molecule has 17 heavy (non-hydrogen) atoms. The molecule has 1 amide bonds. The van der Waals surface area contributed by atoms with Crippen molar-refractivity contribution in [2.24, 2.45) is 5.92 Å². The number of nitrogens with one attached hydrogen (secondary N) is 1. The van der Waals surface area contributed by atoms with E-state index >= 15 is 0 Å². The summed E-state index contributed by atoms with van der Waals surface area (Å²) in [6, 6.07) is 5.07. The molecule has 1 fully saturated rings. The van der Waals surface area contributed by atoms with E-state index in [2.05, 4.69) is 5.32 Å². The zero-order valence-corrected chi connectivity index (χ0v) is 10.7. The van der Waals surface area contributed by atoms with Gasteiger partial charge in [-0.15, -0.1) is 0 Å². The highest BCUT2D eigenvalue weighted by molar-refractivity contribution is 6.37. The van der Waals surface area contributed by atoms with Gasteiger partial charge in [-0.1, -0.05) is 29.3 Å². The van der Waals surface area contributed by atoms with Gasteiger partial charge in [-0.3, -0.25) is 4.79 Å². The average molecular weight is 274 g/mol. The molecule has 5 heteroatoms. The third kappa shape index (κ3) is 3.79. The van der Waals surface area contributed by atoms with Crippen LogP contribution in [0.15, 0.2) is 18.2 Å². The first-order valence-corrected chi connectivity index (χ1v) is 6.26. The number of carbonyl (C=O) groups is 1. The zero-order chi connectivity index (χ0) is 12.3. The minimum absolute atomic E-state index is 0.0594. The third-order valence-corrected chi connectivity index (χ3v) is 3.15. The van der Waals surface area contributed by atoms with Crippen molar-refractivity contribution in [3.63, 3.8) is 0 Å². The van der Waals surface area contributed by atoms with Gasteiger partial charge < -0.3 is 10.1 Å². The maximum atomic E-state index is 11.4. The lowest BCUT2D eigenvalue weighted by atomic mass is 10.3. The van der Waals surface area contributed by atoms with Crippen LogP contribution in [0.2, 0.25) is 10.0 Å². The molecule has 0 unspecified atom stereocenters. The molecule has 92 valence electrons. The SMILES string of the molecule is O=C(COc1c(Cl)cccc1Cl)NCC1CC1. The van der Waals surface area contributed by atoms with Gasteiger partial charge in [-0.25, -0.2) is 0 Å². The number of amides is 1. The molecular formula is C12H13Cl2NO2. The number of hydrogen-bond acceptors (Lipinski definition) is 2. The van der Waals surface area contributed by atoms with Crippen LogP contribution in [0.4, 0.5) is 0 Å². The second kappa shape index (κ2) is 5.61. The van der Waals surface area contributed by atoms with E-state index < -0.39 is 0 Å². The lowest BCUT2D eigenvalue weighted by Gasteiger charge is -2.09. The molecular weight excluding hydrogens is 261 g/mol. The van der Waals surface area contributed by atoms with E-state index in [0.717, 1.165) is 6.54 Å². The van der Waals surface area contributed by atoms with Crippen LogP contribution < -0.4 is 10.1 Å². The average Bonchev–Trinajstić information content (AvgIpc) is 3.09. The Morgan fingerprint density at radius 2 is 2.00 bits per heavy atom. The van der Waals surface area contributed by atoms with Crippen molar-refractivity contribution in [3.05, 3.63) is 28.2 Å². The summed E-state index contributed by atoms with van der Waals surface area (Å²) in [5.74, 6) is 0.869. The maximum Gasteiger partial charge on any atom is 0.257 e. The van der Waals surface area contributed by atoms with Gasteiger partial charge in [0.05, 0.1) is 10.0 Å². The lowest BCUT2D eigenvalue weighted by Crippen LogP contribution is -2.30. The van der Waals surface area contributed by atoms with Crippen LogP contribution in [-0.4, -0.2) is 19.1 Å². The van der Waals surface area contributed by atoms with Crippen LogP contribution in [0.3, 0.4) is 0 Å². The molecule has 0 aromatic heterocycles. The van der Waals surface area contributed by atoms with E-state index in [1.807, 2.05) is 0 Å². The van der Waals surface area contributed by atoms with E-state index in [1.54, 1.807) is 18.2 Å². The quantitative estimate of drug-likeness (QED) is 0.896. The van der Waals surface area contributed by atoms with Crippen molar-refractivity contribution < 1.29 is 9.53 Å². The van der Waals surface area contributed by atoms with Crippen molar-refractivity contribution in [2.45, 2.75) is 12.8 Å². The Bertz CT molecular complexity index is 399. The molecule has 1 saturated carbocycles. The summed E-state index contributed by atoms with van der Waals surface area (Å²) >= 11 is 11.8. The van der Waals surface area contributed by atoms with Crippen LogP contribution in [0.5, 0.6) is 5.75 Å². The highest BCUT2D eigenvalue weighted by Crippen LogP contribution is 2.32. The Kier molecular flexibility index (Phi) is 4.13. The van der Waals surface area contributed by atoms with Crippen molar-refractivity contribution in [1.29, 1.82) is 0 Å². The monoisotopic (exact) mass is 273 g/mol. The maximum absolute atomic E-state index is 11.4. The molecule has 0 spiro atoms. The Labute approximate surface area is 110 Å². The number of para-hydroxylation sites is 1. The lowest BCUT2D eigenvalue weighted by molar-refractivity contribution is -0.123. The molecule has 2 rings (SSSR count). The van der Waals surface area contributed by atoms with E-state index in [9.17, 15) is 4.79 Å². The van der Waals surface area contributed by atoms with Crippen molar-refractivity contribution in [2.75, 3.05) is 13.2 Å². The van der Waals surface area contributed by atoms with E-state index in [4.69, 9.17) is 27.9 Å². The standard InChI is InChI=1S/C12H13Cl2NO2/c13-9-2-1-3-10(14)12(9)17-7-11(16)15-6-8-4-5-8/h1-3,8H,4-7H2,(H,15,16). The van der Waals surface area contributed by atoms with E-state index in [1.165, 1.54) is 12.8 Å². The largest absolute Gasteiger partial charge is 0.481 e. The van der Waals surface area contributed by atoms with Gasteiger partial charge in [0.1, 0.15) is 0 Å². The fourth-order valence-corrected chi connectivity index (χ4v) is 1.90. The first kappa shape index (κ1) is 12.5. The molecule has 0 radical (unpaired) electrons. The van der Waals surface area contributed by atoms with Crippen molar-refractivity contribution in [1.82, 2.24) is 5.32 Å². The predicted octanol–water partition coefficient (Wildman–Crippen LogP) is 2.90. The number of ether oxygens (including phenoxy) is 1. The Morgan fingerprint density at radius 1 is 1.35 bits per heavy atom. The first-order valence-electron chi connectivity index (χ1n) is 5.50. The summed E-state index contributed by atoms with van der Waals surface area (Å²) in [4.78, 5) is 11.4. The summed E-state index contributed by atoms with van der Waals surface area (Å²) in [5.41, 5.74) is 0. The summed E-state index contributed by atoms with van der Waals surface area (Å²) in [6.07, 6.45) is 2.41. The minimum atomic E-state index is -0.145. The molecule has 1 aliphatic rings. The molecule has 1 N–H and O–H groups in total. The first-order chi connectivity index (χ1) is 8.16. The predicted molar refractivity (Wildman–Crippen MR) is 67.7 cm³/mol. The molecule has 0 bridgehead atoms. The van der Waals surface area contributed by atoms with Crippen LogP contribution >= 0.6 is 23.2 Å². The third-order valence-electron chi connectivity index (χ3n) is 2.55.